The van der Waals surface area contributed by atoms with Crippen molar-refractivity contribution in [3.63, 3.8) is 0 Å². The van der Waals surface area contributed by atoms with Crippen LogP contribution in [0.3, 0.4) is 0 Å². The lowest BCUT2D eigenvalue weighted by molar-refractivity contribution is 0.680. The first-order chi connectivity index (χ1) is 8.27. The summed E-state index contributed by atoms with van der Waals surface area (Å²) in [5.41, 5.74) is 7.20. The van der Waals surface area contributed by atoms with Crippen molar-refractivity contribution >= 4 is 0 Å². The van der Waals surface area contributed by atoms with Gasteiger partial charge in [-0.3, -0.25) is 0 Å². The zero-order chi connectivity index (χ0) is 11.8. The van der Waals surface area contributed by atoms with Gasteiger partial charge in [0.2, 0.25) is 0 Å². The summed E-state index contributed by atoms with van der Waals surface area (Å²) < 4.78 is 2.39. The Bertz CT molecular complexity index is 529. The van der Waals surface area contributed by atoms with Crippen LogP contribution in [0.25, 0.3) is 5.69 Å². The van der Waals surface area contributed by atoms with Crippen LogP contribution in [0, 0.1) is 13.8 Å². The summed E-state index contributed by atoms with van der Waals surface area (Å²) in [4.78, 5) is 0. The van der Waals surface area contributed by atoms with Crippen LogP contribution < -0.4 is 0 Å². The van der Waals surface area contributed by atoms with Crippen LogP contribution in [-0.4, -0.2) is 4.57 Å². The van der Waals surface area contributed by atoms with Crippen LogP contribution in [0.4, 0.5) is 0 Å². The molecule has 3 rings (SSSR count). The van der Waals surface area contributed by atoms with Crippen molar-refractivity contribution < 1.29 is 0 Å². The van der Waals surface area contributed by atoms with Crippen molar-refractivity contribution in [2.75, 3.05) is 0 Å². The van der Waals surface area contributed by atoms with E-state index in [4.69, 9.17) is 0 Å². The second kappa shape index (κ2) is 4.06. The topological polar surface area (TPSA) is 4.93 Å². The minimum absolute atomic E-state index is 1.24. The molecule has 1 aromatic carbocycles. The summed E-state index contributed by atoms with van der Waals surface area (Å²) in [6, 6.07) is 11.2. The average molecular weight is 225 g/mol. The lowest BCUT2D eigenvalue weighted by atomic mass is 9.90. The minimum atomic E-state index is 1.24. The third-order valence-electron chi connectivity index (χ3n) is 3.88. The summed E-state index contributed by atoms with van der Waals surface area (Å²) >= 11 is 0. The fraction of sp³-hybridized carbons (Fsp3) is 0.375. The first-order valence-electron chi connectivity index (χ1n) is 6.53. The van der Waals surface area contributed by atoms with E-state index in [2.05, 4.69) is 48.7 Å². The molecule has 1 aliphatic carbocycles. The van der Waals surface area contributed by atoms with E-state index in [0.29, 0.717) is 0 Å². The molecule has 0 saturated heterocycles. The largest absolute Gasteiger partial charge is 0.318 e. The molecule has 0 radical (unpaired) electrons. The minimum Gasteiger partial charge on any atom is -0.318 e. The number of hydrogen-bond acceptors (Lipinski definition) is 0. The van der Waals surface area contributed by atoms with Crippen LogP contribution in [0.5, 0.6) is 0 Å². The Morgan fingerprint density at radius 3 is 2.35 bits per heavy atom. The van der Waals surface area contributed by atoms with Gasteiger partial charge in [0.25, 0.3) is 0 Å². The van der Waals surface area contributed by atoms with Gasteiger partial charge in [0.05, 0.1) is 0 Å². The van der Waals surface area contributed by atoms with E-state index in [9.17, 15) is 0 Å². The number of fused-ring (bicyclic) bond motifs is 1. The molecule has 17 heavy (non-hydrogen) atoms. The molecule has 1 aliphatic rings. The zero-order valence-corrected chi connectivity index (χ0v) is 10.7. The van der Waals surface area contributed by atoms with Crippen molar-refractivity contribution in [2.45, 2.75) is 39.5 Å². The quantitative estimate of drug-likeness (QED) is 0.692. The highest BCUT2D eigenvalue weighted by Crippen LogP contribution is 2.28. The molecule has 1 nitrogen and oxygen atoms in total. The van der Waals surface area contributed by atoms with Crippen LogP contribution in [-0.2, 0) is 12.8 Å². The van der Waals surface area contributed by atoms with Gasteiger partial charge in [-0.15, -0.1) is 0 Å². The summed E-state index contributed by atoms with van der Waals surface area (Å²) in [5.74, 6) is 0. The fourth-order valence-corrected chi connectivity index (χ4v) is 3.02. The van der Waals surface area contributed by atoms with Crippen LogP contribution >= 0.6 is 0 Å². The van der Waals surface area contributed by atoms with Gasteiger partial charge in [0.1, 0.15) is 0 Å². The summed E-state index contributed by atoms with van der Waals surface area (Å²) in [7, 11) is 0. The molecular formula is C16H19N. The number of nitrogens with zero attached hydrogens (tertiary/aromatic N) is 1. The molecule has 0 saturated carbocycles. The smallest absolute Gasteiger partial charge is 0.0489 e. The maximum atomic E-state index is 2.39. The van der Waals surface area contributed by atoms with E-state index in [1.54, 1.807) is 11.1 Å². The van der Waals surface area contributed by atoms with Crippen LogP contribution in [0.2, 0.25) is 0 Å². The van der Waals surface area contributed by atoms with Crippen LogP contribution in [0.15, 0.2) is 30.3 Å². The van der Waals surface area contributed by atoms with Crippen molar-refractivity contribution in [3.8, 4) is 5.69 Å². The molecule has 1 heteroatoms. The highest BCUT2D eigenvalue weighted by atomic mass is 15.0. The number of rotatable bonds is 1. The third-order valence-corrected chi connectivity index (χ3v) is 3.88. The van der Waals surface area contributed by atoms with E-state index >= 15 is 0 Å². The van der Waals surface area contributed by atoms with E-state index in [1.165, 1.54) is 42.8 Å². The SMILES string of the molecule is Cc1ccc(C)n1-c1cccc2c1CCCC2. The molecule has 0 unspecified atom stereocenters. The summed E-state index contributed by atoms with van der Waals surface area (Å²) in [6.45, 7) is 4.38. The molecule has 0 atom stereocenters. The van der Waals surface area contributed by atoms with Gasteiger partial charge in [-0.25, -0.2) is 0 Å². The number of aryl methyl sites for hydroxylation is 3. The molecule has 1 heterocycles. The number of hydrogen-bond donors (Lipinski definition) is 0. The van der Waals surface area contributed by atoms with Gasteiger partial charge in [-0.1, -0.05) is 12.1 Å². The molecule has 2 aromatic rings. The van der Waals surface area contributed by atoms with Gasteiger partial charge in [-0.2, -0.15) is 0 Å². The average Bonchev–Trinajstić information content (AvgIpc) is 2.69. The van der Waals surface area contributed by atoms with Gasteiger partial charge < -0.3 is 4.57 Å². The zero-order valence-electron chi connectivity index (χ0n) is 10.7. The Morgan fingerprint density at radius 1 is 0.882 bits per heavy atom. The third kappa shape index (κ3) is 1.70. The molecule has 88 valence electrons. The van der Waals surface area contributed by atoms with Crippen molar-refractivity contribution in [2.24, 2.45) is 0 Å². The first kappa shape index (κ1) is 10.6. The number of benzene rings is 1. The normalized spacial score (nSPS) is 14.7. The van der Waals surface area contributed by atoms with E-state index in [0.717, 1.165) is 0 Å². The molecule has 0 bridgehead atoms. The lowest BCUT2D eigenvalue weighted by Crippen LogP contribution is -2.09. The Labute approximate surface area is 103 Å². The standard InChI is InChI=1S/C16H19N/c1-12-10-11-13(2)17(12)16-9-5-7-14-6-3-4-8-15(14)16/h5,7,9-11H,3-4,6,8H2,1-2H3. The van der Waals surface area contributed by atoms with Gasteiger partial charge in [0, 0.05) is 17.1 Å². The molecule has 0 spiro atoms. The Morgan fingerprint density at radius 2 is 1.59 bits per heavy atom. The Balaban J connectivity index is 2.21. The summed E-state index contributed by atoms with van der Waals surface area (Å²) in [5, 5.41) is 0. The highest BCUT2D eigenvalue weighted by Gasteiger charge is 2.15. The second-order valence-corrected chi connectivity index (χ2v) is 5.07. The van der Waals surface area contributed by atoms with Crippen molar-refractivity contribution in [3.05, 3.63) is 52.8 Å². The predicted molar refractivity (Wildman–Crippen MR) is 71.9 cm³/mol. The van der Waals surface area contributed by atoms with E-state index in [1.807, 2.05) is 0 Å². The second-order valence-electron chi connectivity index (χ2n) is 5.07. The number of aromatic nitrogens is 1. The van der Waals surface area contributed by atoms with Crippen molar-refractivity contribution in [1.29, 1.82) is 0 Å². The molecular weight excluding hydrogens is 206 g/mol. The van der Waals surface area contributed by atoms with Gasteiger partial charge in [-0.05, 0) is 68.9 Å². The van der Waals surface area contributed by atoms with E-state index in [-0.39, 0.29) is 0 Å². The molecule has 0 amide bonds. The first-order valence-corrected chi connectivity index (χ1v) is 6.53. The summed E-state index contributed by atoms with van der Waals surface area (Å²) in [6.07, 6.45) is 5.18. The van der Waals surface area contributed by atoms with E-state index < -0.39 is 0 Å². The fourth-order valence-electron chi connectivity index (χ4n) is 3.02. The van der Waals surface area contributed by atoms with Crippen molar-refractivity contribution in [1.82, 2.24) is 4.57 Å². The molecule has 1 aromatic heterocycles. The highest BCUT2D eigenvalue weighted by molar-refractivity contribution is 5.49. The van der Waals surface area contributed by atoms with Gasteiger partial charge >= 0.3 is 0 Å². The maximum absolute atomic E-state index is 2.39. The molecule has 0 fully saturated rings. The Kier molecular flexibility index (Phi) is 2.54. The maximum Gasteiger partial charge on any atom is 0.0489 e. The van der Waals surface area contributed by atoms with Crippen LogP contribution in [0.1, 0.15) is 35.4 Å². The Hall–Kier alpha value is -1.50. The molecule has 0 N–H and O–H groups in total. The molecule has 0 aliphatic heterocycles. The van der Waals surface area contributed by atoms with Gasteiger partial charge in [0.15, 0.2) is 0 Å². The predicted octanol–water partition coefficient (Wildman–Crippen LogP) is 3.97. The lowest BCUT2D eigenvalue weighted by Gasteiger charge is -2.21. The monoisotopic (exact) mass is 225 g/mol.